The molecule has 0 amide bonds. The average Bonchev–Trinajstić information content (AvgIpc) is 2.77. The molecular weight excluding hydrogens is 206 g/mol. The van der Waals surface area contributed by atoms with Gasteiger partial charge in [-0.15, -0.1) is 0 Å². The third-order valence-corrected chi connectivity index (χ3v) is 3.23. The Bertz CT molecular complexity index is 330. The van der Waals surface area contributed by atoms with E-state index in [1.807, 2.05) is 0 Å². The number of piperidine rings is 1. The lowest BCUT2D eigenvalue weighted by atomic mass is 9.96. The first-order chi connectivity index (χ1) is 7.70. The molecule has 0 atom stereocenters. The third-order valence-electron chi connectivity index (χ3n) is 3.23. The zero-order valence-electron chi connectivity index (χ0n) is 9.89. The van der Waals surface area contributed by atoms with E-state index in [1.165, 1.54) is 0 Å². The minimum Gasteiger partial charge on any atom is -0.388 e. The summed E-state index contributed by atoms with van der Waals surface area (Å²) >= 11 is 0. The summed E-state index contributed by atoms with van der Waals surface area (Å²) in [5, 5.41) is 12.6. The van der Waals surface area contributed by atoms with E-state index in [0.717, 1.165) is 25.9 Å². The largest absolute Gasteiger partial charge is 0.388 e. The van der Waals surface area contributed by atoms with Crippen LogP contribution >= 0.6 is 0 Å². The van der Waals surface area contributed by atoms with E-state index < -0.39 is 0 Å². The Hall–Kier alpha value is -0.940. The van der Waals surface area contributed by atoms with Crippen LogP contribution < -0.4 is 0 Å². The topological polar surface area (TPSA) is 62.4 Å². The summed E-state index contributed by atoms with van der Waals surface area (Å²) in [6, 6.07) is 0.608. The van der Waals surface area contributed by atoms with E-state index in [4.69, 9.17) is 9.63 Å². The summed E-state index contributed by atoms with van der Waals surface area (Å²) in [4.78, 5) is 6.63. The molecule has 1 aliphatic rings. The van der Waals surface area contributed by atoms with Crippen molar-refractivity contribution < 1.29 is 9.63 Å². The molecular formula is C11H19N3O2. The molecule has 0 radical (unpaired) electrons. The molecule has 2 rings (SSSR count). The Labute approximate surface area is 95.4 Å². The predicted octanol–water partition coefficient (Wildman–Crippen LogP) is 1.15. The van der Waals surface area contributed by atoms with Gasteiger partial charge in [0.15, 0.2) is 5.82 Å². The van der Waals surface area contributed by atoms with Crippen molar-refractivity contribution in [3.63, 3.8) is 0 Å². The van der Waals surface area contributed by atoms with E-state index >= 15 is 0 Å². The molecule has 1 aliphatic heterocycles. The van der Waals surface area contributed by atoms with Gasteiger partial charge in [-0.05, 0) is 39.8 Å². The first-order valence-corrected chi connectivity index (χ1v) is 5.88. The second-order valence-electron chi connectivity index (χ2n) is 4.61. The summed E-state index contributed by atoms with van der Waals surface area (Å²) in [6.45, 7) is 6.46. The van der Waals surface area contributed by atoms with Crippen LogP contribution in [-0.2, 0) is 6.61 Å². The van der Waals surface area contributed by atoms with Crippen LogP contribution in [0.2, 0.25) is 0 Å². The van der Waals surface area contributed by atoms with Crippen LogP contribution in [0.4, 0.5) is 0 Å². The highest BCUT2D eigenvalue weighted by atomic mass is 16.5. The van der Waals surface area contributed by atoms with Gasteiger partial charge in [0.1, 0.15) is 6.61 Å². The molecule has 2 heterocycles. The fourth-order valence-electron chi connectivity index (χ4n) is 2.16. The Morgan fingerprint density at radius 1 is 1.44 bits per heavy atom. The quantitative estimate of drug-likeness (QED) is 0.836. The molecule has 1 N–H and O–H groups in total. The molecule has 0 unspecified atom stereocenters. The normalized spacial score (nSPS) is 19.5. The molecule has 5 heteroatoms. The monoisotopic (exact) mass is 225 g/mol. The highest BCUT2D eigenvalue weighted by molar-refractivity contribution is 4.96. The molecule has 0 spiro atoms. The van der Waals surface area contributed by atoms with Gasteiger partial charge in [0.25, 0.3) is 0 Å². The van der Waals surface area contributed by atoms with E-state index in [-0.39, 0.29) is 6.61 Å². The minimum atomic E-state index is -0.145. The predicted molar refractivity (Wildman–Crippen MR) is 58.9 cm³/mol. The van der Waals surface area contributed by atoms with Crippen LogP contribution in [0.5, 0.6) is 0 Å². The fraction of sp³-hybridized carbons (Fsp3) is 0.818. The van der Waals surface area contributed by atoms with Crippen LogP contribution in [0.3, 0.4) is 0 Å². The number of aliphatic hydroxyl groups is 1. The van der Waals surface area contributed by atoms with Crippen LogP contribution in [-0.4, -0.2) is 39.3 Å². The maximum atomic E-state index is 8.87. The second kappa shape index (κ2) is 4.93. The van der Waals surface area contributed by atoms with E-state index in [9.17, 15) is 0 Å². The van der Waals surface area contributed by atoms with Crippen molar-refractivity contribution in [3.8, 4) is 0 Å². The summed E-state index contributed by atoms with van der Waals surface area (Å²) in [5.41, 5.74) is 0. The Kier molecular flexibility index (Phi) is 3.56. The molecule has 1 aromatic heterocycles. The summed E-state index contributed by atoms with van der Waals surface area (Å²) < 4.78 is 5.15. The number of likely N-dealkylation sites (tertiary alicyclic amines) is 1. The number of hydrogen-bond acceptors (Lipinski definition) is 5. The lowest BCUT2D eigenvalue weighted by Crippen LogP contribution is -2.37. The smallest absolute Gasteiger partial charge is 0.229 e. The number of hydrogen-bond donors (Lipinski definition) is 1. The average molecular weight is 225 g/mol. The van der Waals surface area contributed by atoms with Gasteiger partial charge in [-0.2, -0.15) is 4.98 Å². The van der Waals surface area contributed by atoms with Gasteiger partial charge in [0, 0.05) is 12.0 Å². The van der Waals surface area contributed by atoms with Crippen molar-refractivity contribution in [2.75, 3.05) is 13.1 Å². The Morgan fingerprint density at radius 2 is 2.12 bits per heavy atom. The van der Waals surface area contributed by atoms with Gasteiger partial charge in [-0.25, -0.2) is 0 Å². The van der Waals surface area contributed by atoms with Gasteiger partial charge < -0.3 is 14.5 Å². The zero-order valence-corrected chi connectivity index (χ0v) is 9.89. The van der Waals surface area contributed by atoms with Gasteiger partial charge in [-0.1, -0.05) is 5.16 Å². The van der Waals surface area contributed by atoms with Crippen LogP contribution in [0, 0.1) is 0 Å². The number of rotatable bonds is 3. The summed E-state index contributed by atoms with van der Waals surface area (Å²) in [5.74, 6) is 1.44. The maximum absolute atomic E-state index is 8.87. The van der Waals surface area contributed by atoms with Crippen molar-refractivity contribution in [1.29, 1.82) is 0 Å². The fourth-order valence-corrected chi connectivity index (χ4v) is 2.16. The zero-order chi connectivity index (χ0) is 11.5. The van der Waals surface area contributed by atoms with Crippen molar-refractivity contribution in [2.45, 2.75) is 45.3 Å². The van der Waals surface area contributed by atoms with Gasteiger partial charge in [0.05, 0.1) is 0 Å². The third kappa shape index (κ3) is 2.41. The highest BCUT2D eigenvalue weighted by Gasteiger charge is 2.25. The molecule has 1 saturated heterocycles. The van der Waals surface area contributed by atoms with Crippen molar-refractivity contribution in [3.05, 3.63) is 11.7 Å². The maximum Gasteiger partial charge on any atom is 0.229 e. The molecule has 1 fully saturated rings. The van der Waals surface area contributed by atoms with Crippen molar-refractivity contribution in [2.24, 2.45) is 0 Å². The molecule has 0 bridgehead atoms. The Morgan fingerprint density at radius 3 is 2.62 bits per heavy atom. The molecule has 5 nitrogen and oxygen atoms in total. The molecule has 16 heavy (non-hydrogen) atoms. The van der Waals surface area contributed by atoms with E-state index in [1.54, 1.807) is 0 Å². The summed E-state index contributed by atoms with van der Waals surface area (Å²) in [6.07, 6.45) is 2.12. The van der Waals surface area contributed by atoms with Crippen molar-refractivity contribution in [1.82, 2.24) is 15.0 Å². The van der Waals surface area contributed by atoms with Crippen LogP contribution in [0.25, 0.3) is 0 Å². The standard InChI is InChI=1S/C11H19N3O2/c1-8(2)14-5-3-9(4-6-14)11-12-10(7-15)13-16-11/h8-9,15H,3-7H2,1-2H3. The first kappa shape index (κ1) is 11.5. The molecule has 90 valence electrons. The van der Waals surface area contributed by atoms with Crippen LogP contribution in [0.15, 0.2) is 4.52 Å². The molecule has 0 aliphatic carbocycles. The molecule has 0 aromatic carbocycles. The molecule has 0 saturated carbocycles. The molecule has 1 aromatic rings. The van der Waals surface area contributed by atoms with Gasteiger partial charge in [-0.3, -0.25) is 0 Å². The van der Waals surface area contributed by atoms with Gasteiger partial charge in [0.2, 0.25) is 5.89 Å². The SMILES string of the molecule is CC(C)N1CCC(c2nc(CO)no2)CC1. The minimum absolute atomic E-state index is 0.145. The van der Waals surface area contributed by atoms with Crippen molar-refractivity contribution >= 4 is 0 Å². The first-order valence-electron chi connectivity index (χ1n) is 5.88. The van der Waals surface area contributed by atoms with E-state index in [2.05, 4.69) is 28.9 Å². The van der Waals surface area contributed by atoms with Crippen LogP contribution in [0.1, 0.15) is 44.3 Å². The number of nitrogens with zero attached hydrogens (tertiary/aromatic N) is 3. The number of aliphatic hydroxyl groups excluding tert-OH is 1. The van der Waals surface area contributed by atoms with Gasteiger partial charge >= 0.3 is 0 Å². The lowest BCUT2D eigenvalue weighted by Gasteiger charge is -2.33. The van der Waals surface area contributed by atoms with E-state index in [0.29, 0.717) is 23.7 Å². The summed E-state index contributed by atoms with van der Waals surface area (Å²) in [7, 11) is 0. The lowest BCUT2D eigenvalue weighted by molar-refractivity contribution is 0.159. The number of aromatic nitrogens is 2. The second-order valence-corrected chi connectivity index (χ2v) is 4.61. The highest BCUT2D eigenvalue weighted by Crippen LogP contribution is 2.27. The Balaban J connectivity index is 1.93.